The van der Waals surface area contributed by atoms with Gasteiger partial charge < -0.3 is 9.80 Å². The number of rotatable bonds is 2. The number of aromatic nitrogens is 1. The molecule has 7 nitrogen and oxygen atoms in total. The van der Waals surface area contributed by atoms with Gasteiger partial charge in [-0.2, -0.15) is 0 Å². The number of nitrogens with zero attached hydrogens (tertiary/aromatic N) is 4. The minimum absolute atomic E-state index is 0.00813. The quantitative estimate of drug-likeness (QED) is 0.569. The van der Waals surface area contributed by atoms with Gasteiger partial charge in [0.05, 0.1) is 4.92 Å². The van der Waals surface area contributed by atoms with Crippen LogP contribution in [0.3, 0.4) is 0 Å². The van der Waals surface area contributed by atoms with E-state index in [-0.39, 0.29) is 11.6 Å². The maximum atomic E-state index is 11.2. The molecule has 2 rings (SSSR count). The van der Waals surface area contributed by atoms with Crippen molar-refractivity contribution in [2.75, 3.05) is 31.1 Å². The Labute approximate surface area is 104 Å². The normalized spacial score (nSPS) is 15.6. The van der Waals surface area contributed by atoms with Gasteiger partial charge >= 0.3 is 5.69 Å². The molecular formula is C11H14N4O3. The molecule has 0 bridgehead atoms. The number of piperazine rings is 1. The third kappa shape index (κ3) is 2.39. The number of carbonyl (C=O) groups excluding carboxylic acids is 1. The van der Waals surface area contributed by atoms with Gasteiger partial charge in [-0.25, -0.2) is 4.98 Å². The number of carbonyl (C=O) groups is 1. The summed E-state index contributed by atoms with van der Waals surface area (Å²) in [6.07, 6.45) is 1.54. The molecule has 0 unspecified atom stereocenters. The SMILES string of the molecule is CC(=O)N1CCN(c2ncccc2[N+](=O)[O-])CC1. The fraction of sp³-hybridized carbons (Fsp3) is 0.455. The fourth-order valence-corrected chi connectivity index (χ4v) is 2.01. The van der Waals surface area contributed by atoms with E-state index in [9.17, 15) is 14.9 Å². The average molecular weight is 250 g/mol. The van der Waals surface area contributed by atoms with Gasteiger partial charge in [-0.05, 0) is 6.07 Å². The summed E-state index contributed by atoms with van der Waals surface area (Å²) in [6, 6.07) is 2.99. The molecule has 0 atom stereocenters. The molecule has 1 aliphatic rings. The molecule has 1 saturated heterocycles. The molecule has 0 N–H and O–H groups in total. The summed E-state index contributed by atoms with van der Waals surface area (Å²) < 4.78 is 0. The zero-order valence-electron chi connectivity index (χ0n) is 10.1. The molecule has 7 heteroatoms. The first kappa shape index (κ1) is 12.3. The van der Waals surface area contributed by atoms with E-state index in [1.807, 2.05) is 4.90 Å². The molecule has 1 amide bonds. The second-order valence-electron chi connectivity index (χ2n) is 4.10. The van der Waals surface area contributed by atoms with Gasteiger partial charge in [-0.15, -0.1) is 0 Å². The molecule has 1 aromatic rings. The van der Waals surface area contributed by atoms with Gasteiger partial charge in [-0.1, -0.05) is 0 Å². The first-order valence-electron chi connectivity index (χ1n) is 5.69. The van der Waals surface area contributed by atoms with Crippen LogP contribution >= 0.6 is 0 Å². The van der Waals surface area contributed by atoms with Crippen molar-refractivity contribution in [3.63, 3.8) is 0 Å². The Morgan fingerprint density at radius 1 is 1.39 bits per heavy atom. The summed E-state index contributed by atoms with van der Waals surface area (Å²) in [4.78, 5) is 29.3. The van der Waals surface area contributed by atoms with Gasteiger partial charge in [0.25, 0.3) is 0 Å². The molecule has 96 valence electrons. The summed E-state index contributed by atoms with van der Waals surface area (Å²) in [5, 5.41) is 10.9. The van der Waals surface area contributed by atoms with Crippen LogP contribution in [-0.2, 0) is 4.79 Å². The zero-order chi connectivity index (χ0) is 13.1. The Morgan fingerprint density at radius 3 is 2.61 bits per heavy atom. The van der Waals surface area contributed by atoms with Crippen molar-refractivity contribution in [2.24, 2.45) is 0 Å². The lowest BCUT2D eigenvalue weighted by atomic mass is 10.3. The van der Waals surface area contributed by atoms with Gasteiger partial charge in [0, 0.05) is 45.4 Å². The van der Waals surface area contributed by atoms with Crippen LogP contribution in [0.1, 0.15) is 6.92 Å². The van der Waals surface area contributed by atoms with Crippen LogP contribution in [0, 0.1) is 10.1 Å². The average Bonchev–Trinajstić information content (AvgIpc) is 2.39. The van der Waals surface area contributed by atoms with Gasteiger partial charge in [0.15, 0.2) is 0 Å². The van der Waals surface area contributed by atoms with Crippen molar-refractivity contribution in [2.45, 2.75) is 6.92 Å². The third-order valence-electron chi connectivity index (χ3n) is 2.99. The van der Waals surface area contributed by atoms with E-state index in [0.717, 1.165) is 0 Å². The summed E-state index contributed by atoms with van der Waals surface area (Å²) in [5.41, 5.74) is 0.00813. The van der Waals surface area contributed by atoms with Crippen LogP contribution in [0.4, 0.5) is 11.5 Å². The van der Waals surface area contributed by atoms with Crippen molar-refractivity contribution in [3.8, 4) is 0 Å². The van der Waals surface area contributed by atoms with E-state index in [1.165, 1.54) is 13.0 Å². The Hall–Kier alpha value is -2.18. The molecule has 0 aliphatic carbocycles. The highest BCUT2D eigenvalue weighted by molar-refractivity contribution is 5.73. The topological polar surface area (TPSA) is 79.6 Å². The van der Waals surface area contributed by atoms with E-state index in [0.29, 0.717) is 32.0 Å². The molecule has 0 aromatic carbocycles. The van der Waals surface area contributed by atoms with E-state index >= 15 is 0 Å². The number of hydrogen-bond donors (Lipinski definition) is 0. The lowest BCUT2D eigenvalue weighted by molar-refractivity contribution is -0.384. The number of anilines is 1. The highest BCUT2D eigenvalue weighted by Crippen LogP contribution is 2.25. The van der Waals surface area contributed by atoms with Crippen molar-refractivity contribution in [1.82, 2.24) is 9.88 Å². The summed E-state index contributed by atoms with van der Waals surface area (Å²) in [6.45, 7) is 3.81. The standard InChI is InChI=1S/C11H14N4O3/c1-9(16)13-5-7-14(8-6-13)11-10(15(17)18)3-2-4-12-11/h2-4H,5-8H2,1H3. The lowest BCUT2D eigenvalue weighted by Gasteiger charge is -2.34. The van der Waals surface area contributed by atoms with Crippen LogP contribution in [0.2, 0.25) is 0 Å². The monoisotopic (exact) mass is 250 g/mol. The maximum absolute atomic E-state index is 11.2. The van der Waals surface area contributed by atoms with Crippen LogP contribution < -0.4 is 4.90 Å². The van der Waals surface area contributed by atoms with Crippen molar-refractivity contribution in [3.05, 3.63) is 28.4 Å². The third-order valence-corrected chi connectivity index (χ3v) is 2.99. The fourth-order valence-electron chi connectivity index (χ4n) is 2.01. The summed E-state index contributed by atoms with van der Waals surface area (Å²) >= 11 is 0. The first-order chi connectivity index (χ1) is 8.59. The number of nitro groups is 1. The number of hydrogen-bond acceptors (Lipinski definition) is 5. The Balaban J connectivity index is 2.15. The molecule has 2 heterocycles. The molecule has 0 saturated carbocycles. The number of amides is 1. The van der Waals surface area contributed by atoms with Crippen molar-refractivity contribution < 1.29 is 9.72 Å². The summed E-state index contributed by atoms with van der Waals surface area (Å²) in [5.74, 6) is 0.413. The van der Waals surface area contributed by atoms with Crippen LogP contribution in [-0.4, -0.2) is 46.9 Å². The second-order valence-corrected chi connectivity index (χ2v) is 4.10. The second kappa shape index (κ2) is 4.99. The van der Waals surface area contributed by atoms with E-state index in [4.69, 9.17) is 0 Å². The highest BCUT2D eigenvalue weighted by atomic mass is 16.6. The van der Waals surface area contributed by atoms with Crippen molar-refractivity contribution >= 4 is 17.4 Å². The van der Waals surface area contributed by atoms with Crippen LogP contribution in [0.25, 0.3) is 0 Å². The number of pyridine rings is 1. The smallest absolute Gasteiger partial charge is 0.311 e. The first-order valence-corrected chi connectivity index (χ1v) is 5.69. The maximum Gasteiger partial charge on any atom is 0.311 e. The predicted molar refractivity (Wildman–Crippen MR) is 65.4 cm³/mol. The van der Waals surface area contributed by atoms with Gasteiger partial charge in [0.2, 0.25) is 11.7 Å². The van der Waals surface area contributed by atoms with Crippen molar-refractivity contribution in [1.29, 1.82) is 0 Å². The lowest BCUT2D eigenvalue weighted by Crippen LogP contribution is -2.48. The predicted octanol–water partition coefficient (Wildman–Crippen LogP) is 0.658. The van der Waals surface area contributed by atoms with E-state index in [1.54, 1.807) is 17.2 Å². The minimum atomic E-state index is -0.431. The molecule has 0 spiro atoms. The molecule has 0 radical (unpaired) electrons. The van der Waals surface area contributed by atoms with E-state index in [2.05, 4.69) is 4.98 Å². The molecule has 18 heavy (non-hydrogen) atoms. The molecule has 1 aromatic heterocycles. The Kier molecular flexibility index (Phi) is 3.40. The van der Waals surface area contributed by atoms with Gasteiger partial charge in [0.1, 0.15) is 0 Å². The largest absolute Gasteiger partial charge is 0.347 e. The Bertz CT molecular complexity index is 469. The van der Waals surface area contributed by atoms with Crippen LogP contribution in [0.15, 0.2) is 18.3 Å². The zero-order valence-corrected chi connectivity index (χ0v) is 10.1. The van der Waals surface area contributed by atoms with E-state index < -0.39 is 4.92 Å². The molecular weight excluding hydrogens is 236 g/mol. The minimum Gasteiger partial charge on any atom is -0.347 e. The Morgan fingerprint density at radius 2 is 2.06 bits per heavy atom. The van der Waals surface area contributed by atoms with Gasteiger partial charge in [-0.3, -0.25) is 14.9 Å². The van der Waals surface area contributed by atoms with Crippen LogP contribution in [0.5, 0.6) is 0 Å². The summed E-state index contributed by atoms with van der Waals surface area (Å²) in [7, 11) is 0. The molecule has 1 aliphatic heterocycles. The molecule has 1 fully saturated rings. The highest BCUT2D eigenvalue weighted by Gasteiger charge is 2.25.